The molecule has 28 heavy (non-hydrogen) atoms. The first-order valence-corrected chi connectivity index (χ1v) is 10.9. The zero-order valence-corrected chi connectivity index (χ0v) is 17.2. The Hall–Kier alpha value is -2.41. The second-order valence-electron chi connectivity index (χ2n) is 6.02. The van der Waals surface area contributed by atoms with Gasteiger partial charge in [0.1, 0.15) is 5.03 Å². The Morgan fingerprint density at radius 1 is 1.07 bits per heavy atom. The molecule has 0 saturated carbocycles. The number of halogens is 1. The molecule has 2 aromatic carbocycles. The molecule has 7 heteroatoms. The first kappa shape index (κ1) is 18.9. The topological polar surface area (TPSA) is 54.9 Å². The fraction of sp³-hybridized carbons (Fsp3) is 0.0952. The number of rotatable bonds is 6. The molecule has 0 atom stereocenters. The maximum atomic E-state index is 12.3. The van der Waals surface area contributed by atoms with Crippen molar-refractivity contribution in [3.63, 3.8) is 0 Å². The molecule has 2 heterocycles. The third kappa shape index (κ3) is 4.52. The van der Waals surface area contributed by atoms with E-state index in [4.69, 9.17) is 16.6 Å². The zero-order valence-electron chi connectivity index (χ0n) is 14.8. The van der Waals surface area contributed by atoms with Gasteiger partial charge in [-0.1, -0.05) is 59.8 Å². The molecule has 0 bridgehead atoms. The summed E-state index contributed by atoms with van der Waals surface area (Å²) in [7, 11) is 0. The summed E-state index contributed by atoms with van der Waals surface area (Å²) in [5, 5.41) is 7.16. The van der Waals surface area contributed by atoms with Crippen LogP contribution < -0.4 is 5.32 Å². The number of amides is 1. The number of nitrogens with zero attached hydrogens (tertiary/aromatic N) is 2. The molecule has 0 radical (unpaired) electrons. The Bertz CT molecular complexity index is 1100. The van der Waals surface area contributed by atoms with Gasteiger partial charge in [0.25, 0.3) is 0 Å². The van der Waals surface area contributed by atoms with Crippen LogP contribution in [0.15, 0.2) is 71.1 Å². The van der Waals surface area contributed by atoms with E-state index in [1.54, 1.807) is 11.3 Å². The Morgan fingerprint density at radius 2 is 1.93 bits per heavy atom. The number of hydrogen-bond donors (Lipinski definition) is 1. The van der Waals surface area contributed by atoms with Gasteiger partial charge in [0.05, 0.1) is 17.8 Å². The number of benzene rings is 2. The van der Waals surface area contributed by atoms with Gasteiger partial charge in [0.15, 0.2) is 5.82 Å². The van der Waals surface area contributed by atoms with E-state index >= 15 is 0 Å². The lowest BCUT2D eigenvalue weighted by Gasteiger charge is -2.09. The largest absolute Gasteiger partial charge is 0.350 e. The average Bonchev–Trinajstić information content (AvgIpc) is 3.25. The van der Waals surface area contributed by atoms with E-state index < -0.39 is 0 Å². The van der Waals surface area contributed by atoms with Gasteiger partial charge in [-0.15, -0.1) is 11.3 Å². The maximum Gasteiger partial charge on any atom is 0.230 e. The molecule has 4 nitrogen and oxygen atoms in total. The molecule has 0 fully saturated rings. The van der Waals surface area contributed by atoms with Crippen molar-refractivity contribution in [3.05, 3.63) is 75.9 Å². The van der Waals surface area contributed by atoms with Crippen LogP contribution in [0.5, 0.6) is 0 Å². The van der Waals surface area contributed by atoms with Gasteiger partial charge in [-0.2, -0.15) is 0 Å². The summed E-state index contributed by atoms with van der Waals surface area (Å²) >= 11 is 9.19. The SMILES string of the molecule is O=C(CSc1nc(-c2ccccc2)nc2ccc(Cl)cc12)NCc1cccs1. The van der Waals surface area contributed by atoms with Gasteiger partial charge in [0, 0.05) is 20.8 Å². The molecule has 1 N–H and O–H groups in total. The number of hydrogen-bond acceptors (Lipinski definition) is 5. The van der Waals surface area contributed by atoms with Crippen LogP contribution in [0.25, 0.3) is 22.3 Å². The number of carbonyl (C=O) groups is 1. The van der Waals surface area contributed by atoms with Crippen molar-refractivity contribution >= 4 is 51.5 Å². The fourth-order valence-corrected chi connectivity index (χ4v) is 4.34. The van der Waals surface area contributed by atoms with Crippen molar-refractivity contribution in [1.82, 2.24) is 15.3 Å². The normalized spacial score (nSPS) is 10.9. The van der Waals surface area contributed by atoms with Gasteiger partial charge in [-0.25, -0.2) is 9.97 Å². The van der Waals surface area contributed by atoms with E-state index in [1.165, 1.54) is 11.8 Å². The van der Waals surface area contributed by atoms with E-state index in [9.17, 15) is 4.79 Å². The summed E-state index contributed by atoms with van der Waals surface area (Å²) in [6.45, 7) is 0.544. The number of nitrogens with one attached hydrogen (secondary N) is 1. The molecule has 4 aromatic rings. The van der Waals surface area contributed by atoms with Crippen molar-refractivity contribution in [3.8, 4) is 11.4 Å². The Labute approximate surface area is 176 Å². The van der Waals surface area contributed by atoms with Gasteiger partial charge >= 0.3 is 0 Å². The molecule has 1 amide bonds. The van der Waals surface area contributed by atoms with Gasteiger partial charge < -0.3 is 5.32 Å². The molecular weight excluding hydrogens is 410 g/mol. The molecule has 0 aliphatic carbocycles. The smallest absolute Gasteiger partial charge is 0.230 e. The van der Waals surface area contributed by atoms with Crippen LogP contribution in [0.1, 0.15) is 4.88 Å². The lowest BCUT2D eigenvalue weighted by Crippen LogP contribution is -2.24. The summed E-state index contributed by atoms with van der Waals surface area (Å²) in [6.07, 6.45) is 0. The van der Waals surface area contributed by atoms with Gasteiger partial charge in [-0.3, -0.25) is 4.79 Å². The minimum absolute atomic E-state index is 0.0338. The summed E-state index contributed by atoms with van der Waals surface area (Å²) < 4.78 is 0. The summed E-state index contributed by atoms with van der Waals surface area (Å²) in [4.78, 5) is 22.8. The van der Waals surface area contributed by atoms with E-state index in [0.29, 0.717) is 17.4 Å². The number of aromatic nitrogens is 2. The molecule has 0 aliphatic rings. The molecule has 140 valence electrons. The van der Waals surface area contributed by atoms with Crippen LogP contribution in [-0.4, -0.2) is 21.6 Å². The number of carbonyl (C=O) groups excluding carboxylic acids is 1. The third-order valence-corrected chi connectivity index (χ3v) is 6.14. The minimum Gasteiger partial charge on any atom is -0.350 e. The first-order valence-electron chi connectivity index (χ1n) is 8.63. The second kappa shape index (κ2) is 8.73. The average molecular weight is 426 g/mol. The molecular formula is C21H16ClN3OS2. The monoisotopic (exact) mass is 425 g/mol. The van der Waals surface area contributed by atoms with E-state index in [1.807, 2.05) is 66.0 Å². The highest BCUT2D eigenvalue weighted by Crippen LogP contribution is 2.30. The van der Waals surface area contributed by atoms with Crippen LogP contribution in [0.4, 0.5) is 0 Å². The molecule has 0 unspecified atom stereocenters. The maximum absolute atomic E-state index is 12.3. The van der Waals surface area contributed by atoms with Crippen molar-refractivity contribution in [2.24, 2.45) is 0 Å². The minimum atomic E-state index is -0.0338. The Balaban J connectivity index is 1.57. The zero-order chi connectivity index (χ0) is 19.3. The molecule has 0 aliphatic heterocycles. The lowest BCUT2D eigenvalue weighted by atomic mass is 10.2. The quantitative estimate of drug-likeness (QED) is 0.331. The summed E-state index contributed by atoms with van der Waals surface area (Å²) in [6, 6.07) is 19.3. The molecule has 0 spiro atoms. The van der Waals surface area contributed by atoms with Crippen LogP contribution in [0.2, 0.25) is 5.02 Å². The fourth-order valence-electron chi connectivity index (χ4n) is 2.68. The van der Waals surface area contributed by atoms with Crippen LogP contribution >= 0.6 is 34.7 Å². The highest BCUT2D eigenvalue weighted by atomic mass is 35.5. The van der Waals surface area contributed by atoms with Crippen molar-refractivity contribution < 1.29 is 4.79 Å². The van der Waals surface area contributed by atoms with Crippen molar-refractivity contribution in [1.29, 1.82) is 0 Å². The Kier molecular flexibility index (Phi) is 5.90. The first-order chi connectivity index (χ1) is 13.7. The number of thiophene rings is 1. The highest BCUT2D eigenvalue weighted by molar-refractivity contribution is 8.00. The summed E-state index contributed by atoms with van der Waals surface area (Å²) in [5.74, 6) is 0.878. The van der Waals surface area contributed by atoms with Crippen molar-refractivity contribution in [2.75, 3.05) is 5.75 Å². The van der Waals surface area contributed by atoms with E-state index in [2.05, 4.69) is 10.3 Å². The standard InChI is InChI=1S/C21H16ClN3OS2/c22-15-8-9-18-17(11-15)21(25-20(24-18)14-5-2-1-3-6-14)28-13-19(26)23-12-16-7-4-10-27-16/h1-11H,12-13H2,(H,23,26). The number of fused-ring (bicyclic) bond motifs is 1. The summed E-state index contributed by atoms with van der Waals surface area (Å²) in [5.41, 5.74) is 1.74. The van der Waals surface area contributed by atoms with Crippen LogP contribution in [0.3, 0.4) is 0 Å². The van der Waals surface area contributed by atoms with E-state index in [-0.39, 0.29) is 11.7 Å². The van der Waals surface area contributed by atoms with E-state index in [0.717, 1.165) is 26.4 Å². The molecule has 4 rings (SSSR count). The number of thioether (sulfide) groups is 1. The predicted molar refractivity (Wildman–Crippen MR) is 117 cm³/mol. The predicted octanol–water partition coefficient (Wildman–Crippen LogP) is 5.42. The van der Waals surface area contributed by atoms with Crippen LogP contribution in [0, 0.1) is 0 Å². The molecule has 2 aromatic heterocycles. The van der Waals surface area contributed by atoms with Gasteiger partial charge in [0.2, 0.25) is 5.91 Å². The highest BCUT2D eigenvalue weighted by Gasteiger charge is 2.12. The van der Waals surface area contributed by atoms with Gasteiger partial charge in [-0.05, 0) is 29.6 Å². The second-order valence-corrected chi connectivity index (χ2v) is 8.46. The van der Waals surface area contributed by atoms with Crippen LogP contribution in [-0.2, 0) is 11.3 Å². The Morgan fingerprint density at radius 3 is 2.71 bits per heavy atom. The third-order valence-electron chi connectivity index (χ3n) is 4.03. The molecule has 0 saturated heterocycles. The van der Waals surface area contributed by atoms with Crippen molar-refractivity contribution in [2.45, 2.75) is 11.6 Å². The lowest BCUT2D eigenvalue weighted by molar-refractivity contribution is -0.118.